The minimum absolute atomic E-state index is 0.0349. The number of ether oxygens (including phenoxy) is 3. The predicted molar refractivity (Wildman–Crippen MR) is 95.6 cm³/mol. The first-order chi connectivity index (χ1) is 12.6. The molecule has 2 saturated heterocycles. The average Bonchev–Trinajstić information content (AvgIpc) is 3.15. The van der Waals surface area contributed by atoms with Gasteiger partial charge in [-0.25, -0.2) is 0 Å². The van der Waals surface area contributed by atoms with Crippen LogP contribution in [0.3, 0.4) is 0 Å². The van der Waals surface area contributed by atoms with Gasteiger partial charge in [0.1, 0.15) is 0 Å². The van der Waals surface area contributed by atoms with Gasteiger partial charge in [-0.15, -0.1) is 0 Å². The topological polar surface area (TPSA) is 68.3 Å². The van der Waals surface area contributed by atoms with Gasteiger partial charge in [-0.05, 0) is 30.5 Å². The van der Waals surface area contributed by atoms with Crippen molar-refractivity contribution < 1.29 is 23.8 Å². The molecule has 1 aromatic rings. The van der Waals surface area contributed by atoms with Gasteiger partial charge in [0.2, 0.25) is 5.91 Å². The van der Waals surface area contributed by atoms with Crippen LogP contribution < -0.4 is 9.47 Å². The summed E-state index contributed by atoms with van der Waals surface area (Å²) >= 11 is 0. The predicted octanol–water partition coefficient (Wildman–Crippen LogP) is 1.41. The van der Waals surface area contributed by atoms with Crippen LogP contribution in [0.5, 0.6) is 11.5 Å². The standard InChI is InChI=1S/C19H26N2O5/c1-24-16-4-3-15(12-17(16)25-2)19(23)21-6-5-14(13-21)11-18(22)20-7-9-26-10-8-20/h3-4,12,14H,5-11,13H2,1-2H3. The maximum atomic E-state index is 12.8. The zero-order valence-corrected chi connectivity index (χ0v) is 15.4. The zero-order valence-electron chi connectivity index (χ0n) is 15.4. The largest absolute Gasteiger partial charge is 0.493 e. The second-order valence-corrected chi connectivity index (χ2v) is 6.67. The van der Waals surface area contributed by atoms with Crippen LogP contribution in [0, 0.1) is 5.92 Å². The molecule has 2 fully saturated rings. The fourth-order valence-corrected chi connectivity index (χ4v) is 3.52. The number of hydrogen-bond donors (Lipinski definition) is 0. The Morgan fingerprint density at radius 2 is 1.81 bits per heavy atom. The fraction of sp³-hybridized carbons (Fsp3) is 0.579. The monoisotopic (exact) mass is 362 g/mol. The van der Waals surface area contributed by atoms with Crippen LogP contribution in [0.15, 0.2) is 18.2 Å². The highest BCUT2D eigenvalue weighted by molar-refractivity contribution is 5.95. The Balaban J connectivity index is 1.57. The Labute approximate surface area is 153 Å². The maximum absolute atomic E-state index is 12.8. The molecule has 0 N–H and O–H groups in total. The van der Waals surface area contributed by atoms with Crippen molar-refractivity contribution in [3.05, 3.63) is 23.8 Å². The summed E-state index contributed by atoms with van der Waals surface area (Å²) in [5.74, 6) is 1.48. The Kier molecular flexibility index (Phi) is 5.98. The molecule has 0 aliphatic carbocycles. The third-order valence-electron chi connectivity index (χ3n) is 5.03. The highest BCUT2D eigenvalue weighted by Gasteiger charge is 2.30. The van der Waals surface area contributed by atoms with Crippen LogP contribution in [0.25, 0.3) is 0 Å². The van der Waals surface area contributed by atoms with Crippen molar-refractivity contribution in [3.8, 4) is 11.5 Å². The van der Waals surface area contributed by atoms with E-state index < -0.39 is 0 Å². The number of likely N-dealkylation sites (tertiary alicyclic amines) is 1. The van der Waals surface area contributed by atoms with Crippen molar-refractivity contribution in [2.45, 2.75) is 12.8 Å². The van der Waals surface area contributed by atoms with E-state index in [1.165, 1.54) is 0 Å². The average molecular weight is 362 g/mol. The summed E-state index contributed by atoms with van der Waals surface area (Å²) in [6, 6.07) is 5.19. The number of benzene rings is 1. The van der Waals surface area contributed by atoms with Crippen molar-refractivity contribution in [1.29, 1.82) is 0 Å². The molecule has 2 aliphatic heterocycles. The van der Waals surface area contributed by atoms with Crippen molar-refractivity contribution in [1.82, 2.24) is 9.80 Å². The number of carbonyl (C=O) groups excluding carboxylic acids is 2. The summed E-state index contributed by atoms with van der Waals surface area (Å²) < 4.78 is 15.8. The molecular formula is C19H26N2O5. The Hall–Kier alpha value is -2.28. The smallest absolute Gasteiger partial charge is 0.254 e. The van der Waals surface area contributed by atoms with E-state index in [1.54, 1.807) is 32.4 Å². The summed E-state index contributed by atoms with van der Waals surface area (Å²) in [5.41, 5.74) is 0.572. The van der Waals surface area contributed by atoms with Crippen molar-refractivity contribution in [3.63, 3.8) is 0 Å². The molecule has 0 aromatic heterocycles. The van der Waals surface area contributed by atoms with E-state index in [9.17, 15) is 9.59 Å². The van der Waals surface area contributed by atoms with Crippen molar-refractivity contribution in [2.24, 2.45) is 5.92 Å². The molecule has 2 aliphatic rings. The molecule has 26 heavy (non-hydrogen) atoms. The molecule has 0 bridgehead atoms. The first-order valence-electron chi connectivity index (χ1n) is 8.99. The van der Waals surface area contributed by atoms with Gasteiger partial charge in [-0.2, -0.15) is 0 Å². The molecule has 1 atom stereocenters. The quantitative estimate of drug-likeness (QED) is 0.792. The molecule has 0 spiro atoms. The first-order valence-corrected chi connectivity index (χ1v) is 8.99. The highest BCUT2D eigenvalue weighted by Crippen LogP contribution is 2.29. The lowest BCUT2D eigenvalue weighted by molar-refractivity contribution is -0.136. The summed E-state index contributed by atoms with van der Waals surface area (Å²) in [6.07, 6.45) is 1.35. The molecule has 2 amide bonds. The van der Waals surface area contributed by atoms with Gasteiger partial charge < -0.3 is 24.0 Å². The van der Waals surface area contributed by atoms with Gasteiger partial charge in [-0.1, -0.05) is 0 Å². The molecule has 142 valence electrons. The van der Waals surface area contributed by atoms with Crippen LogP contribution in [0.2, 0.25) is 0 Å². The maximum Gasteiger partial charge on any atom is 0.254 e. The number of hydrogen-bond acceptors (Lipinski definition) is 5. The van der Waals surface area contributed by atoms with E-state index in [0.717, 1.165) is 6.42 Å². The lowest BCUT2D eigenvalue weighted by Crippen LogP contribution is -2.41. The number of methoxy groups -OCH3 is 2. The van der Waals surface area contributed by atoms with Crippen molar-refractivity contribution in [2.75, 3.05) is 53.6 Å². The summed E-state index contributed by atoms with van der Waals surface area (Å²) in [6.45, 7) is 3.85. The normalized spacial score (nSPS) is 20.2. The van der Waals surface area contributed by atoms with Gasteiger partial charge in [0.05, 0.1) is 27.4 Å². The molecule has 0 radical (unpaired) electrons. The molecular weight excluding hydrogens is 336 g/mol. The van der Waals surface area contributed by atoms with Crippen LogP contribution in [-0.4, -0.2) is 75.2 Å². The molecule has 0 saturated carbocycles. The number of nitrogens with zero attached hydrogens (tertiary/aromatic N) is 2. The summed E-state index contributed by atoms with van der Waals surface area (Å²) in [7, 11) is 3.12. The van der Waals surface area contributed by atoms with Crippen molar-refractivity contribution >= 4 is 11.8 Å². The van der Waals surface area contributed by atoms with E-state index in [4.69, 9.17) is 14.2 Å². The Morgan fingerprint density at radius 1 is 1.08 bits per heavy atom. The Bertz CT molecular complexity index is 657. The summed E-state index contributed by atoms with van der Waals surface area (Å²) in [4.78, 5) is 28.8. The number of amides is 2. The van der Waals surface area contributed by atoms with E-state index in [-0.39, 0.29) is 17.7 Å². The fourth-order valence-electron chi connectivity index (χ4n) is 3.52. The Morgan fingerprint density at radius 3 is 2.50 bits per heavy atom. The first kappa shape index (κ1) is 18.5. The SMILES string of the molecule is COc1ccc(C(=O)N2CCC(CC(=O)N3CCOCC3)C2)cc1OC. The minimum atomic E-state index is -0.0349. The third-order valence-corrected chi connectivity index (χ3v) is 5.03. The van der Waals surface area contributed by atoms with Crippen LogP contribution in [0.1, 0.15) is 23.2 Å². The second kappa shape index (κ2) is 8.40. The lowest BCUT2D eigenvalue weighted by atomic mass is 10.0. The molecule has 3 rings (SSSR count). The van der Waals surface area contributed by atoms with E-state index in [0.29, 0.717) is 62.9 Å². The van der Waals surface area contributed by atoms with Crippen LogP contribution in [-0.2, 0) is 9.53 Å². The summed E-state index contributed by atoms with van der Waals surface area (Å²) in [5, 5.41) is 0. The molecule has 7 heteroatoms. The zero-order chi connectivity index (χ0) is 18.5. The van der Waals surface area contributed by atoms with Gasteiger partial charge in [-0.3, -0.25) is 9.59 Å². The third kappa shape index (κ3) is 4.09. The molecule has 1 aromatic carbocycles. The van der Waals surface area contributed by atoms with E-state index in [2.05, 4.69) is 0 Å². The van der Waals surface area contributed by atoms with Crippen LogP contribution in [0.4, 0.5) is 0 Å². The number of rotatable bonds is 5. The number of morpholine rings is 1. The van der Waals surface area contributed by atoms with Gasteiger partial charge >= 0.3 is 0 Å². The second-order valence-electron chi connectivity index (χ2n) is 6.67. The highest BCUT2D eigenvalue weighted by atomic mass is 16.5. The lowest BCUT2D eigenvalue weighted by Gasteiger charge is -2.27. The molecule has 2 heterocycles. The van der Waals surface area contributed by atoms with Gasteiger partial charge in [0, 0.05) is 38.2 Å². The van der Waals surface area contributed by atoms with Gasteiger partial charge in [0.15, 0.2) is 11.5 Å². The minimum Gasteiger partial charge on any atom is -0.493 e. The van der Waals surface area contributed by atoms with E-state index >= 15 is 0 Å². The molecule has 1 unspecified atom stereocenters. The molecule has 7 nitrogen and oxygen atoms in total. The van der Waals surface area contributed by atoms with E-state index in [1.807, 2.05) is 9.80 Å². The van der Waals surface area contributed by atoms with Gasteiger partial charge in [0.25, 0.3) is 5.91 Å². The van der Waals surface area contributed by atoms with Crippen LogP contribution >= 0.6 is 0 Å². The number of carbonyl (C=O) groups is 2.